The topological polar surface area (TPSA) is 55.4 Å². The van der Waals surface area contributed by atoms with Gasteiger partial charge in [0, 0.05) is 13.2 Å². The zero-order chi connectivity index (χ0) is 12.0. The molecule has 1 aliphatic heterocycles. The van der Waals surface area contributed by atoms with Gasteiger partial charge in [-0.15, -0.1) is 5.73 Å². The lowest BCUT2D eigenvalue weighted by Crippen LogP contribution is -2.34. The molecule has 16 heavy (non-hydrogen) atoms. The number of nitrogens with one attached hydrogen (secondary N) is 1. The minimum absolute atomic E-state index is 0.169. The van der Waals surface area contributed by atoms with Crippen molar-refractivity contribution >= 4 is 10.0 Å². The summed E-state index contributed by atoms with van der Waals surface area (Å²) in [7, 11) is -3.18. The Morgan fingerprint density at radius 3 is 3.00 bits per heavy atom. The van der Waals surface area contributed by atoms with Crippen LogP contribution >= 0.6 is 0 Å². The molecule has 0 aliphatic carbocycles. The molecule has 1 rings (SSSR count). The fraction of sp³-hybridized carbons (Fsp3) is 0.727. The highest BCUT2D eigenvalue weighted by Gasteiger charge is 2.24. The highest BCUT2D eigenvalue weighted by molar-refractivity contribution is 7.89. The third-order valence-electron chi connectivity index (χ3n) is 2.60. The van der Waals surface area contributed by atoms with E-state index in [9.17, 15) is 8.42 Å². The SMILES string of the molecule is C=C=CCNS(=O)(=O)CC1CCOC(C)C1. The number of sulfonamides is 1. The van der Waals surface area contributed by atoms with Gasteiger partial charge in [-0.25, -0.2) is 13.1 Å². The van der Waals surface area contributed by atoms with Crippen molar-refractivity contribution in [1.29, 1.82) is 0 Å². The predicted molar refractivity (Wildman–Crippen MR) is 63.6 cm³/mol. The average Bonchev–Trinajstić information content (AvgIpc) is 2.17. The first-order chi connectivity index (χ1) is 7.53. The first-order valence-corrected chi connectivity index (χ1v) is 7.12. The van der Waals surface area contributed by atoms with Gasteiger partial charge >= 0.3 is 0 Å². The molecule has 2 atom stereocenters. The van der Waals surface area contributed by atoms with Gasteiger partial charge < -0.3 is 4.74 Å². The molecule has 0 aromatic heterocycles. The highest BCUT2D eigenvalue weighted by Crippen LogP contribution is 2.20. The Bertz CT molecular complexity index is 357. The van der Waals surface area contributed by atoms with Gasteiger partial charge in [0.2, 0.25) is 10.0 Å². The molecule has 0 aromatic carbocycles. The monoisotopic (exact) mass is 245 g/mol. The van der Waals surface area contributed by atoms with Crippen molar-refractivity contribution < 1.29 is 13.2 Å². The first kappa shape index (κ1) is 13.5. The predicted octanol–water partition coefficient (Wildman–Crippen LogP) is 1.06. The molecule has 1 aliphatic rings. The van der Waals surface area contributed by atoms with Crippen LogP contribution in [-0.2, 0) is 14.8 Å². The molecule has 0 bridgehead atoms. The van der Waals surface area contributed by atoms with Gasteiger partial charge in [0.1, 0.15) is 0 Å². The van der Waals surface area contributed by atoms with Crippen molar-refractivity contribution in [2.24, 2.45) is 5.92 Å². The molecule has 0 radical (unpaired) electrons. The molecule has 2 unspecified atom stereocenters. The molecule has 0 amide bonds. The van der Waals surface area contributed by atoms with Gasteiger partial charge in [-0.1, -0.05) is 6.58 Å². The second-order valence-electron chi connectivity index (χ2n) is 4.11. The van der Waals surface area contributed by atoms with Gasteiger partial charge in [-0.2, -0.15) is 0 Å². The second-order valence-corrected chi connectivity index (χ2v) is 5.96. The average molecular weight is 245 g/mol. The normalized spacial score (nSPS) is 26.1. The Kier molecular flexibility index (Phi) is 5.22. The van der Waals surface area contributed by atoms with E-state index in [4.69, 9.17) is 4.74 Å². The van der Waals surface area contributed by atoms with Crippen LogP contribution in [0.1, 0.15) is 19.8 Å². The molecule has 92 valence electrons. The zero-order valence-electron chi connectivity index (χ0n) is 9.61. The molecular weight excluding hydrogens is 226 g/mol. The van der Waals surface area contributed by atoms with Crippen LogP contribution in [0.2, 0.25) is 0 Å². The van der Waals surface area contributed by atoms with E-state index in [0.717, 1.165) is 12.8 Å². The van der Waals surface area contributed by atoms with Crippen LogP contribution in [0.3, 0.4) is 0 Å². The number of rotatable bonds is 5. The quantitative estimate of drug-likeness (QED) is 0.737. The van der Waals surface area contributed by atoms with E-state index in [-0.39, 0.29) is 24.3 Å². The van der Waals surface area contributed by atoms with E-state index in [1.54, 1.807) is 6.08 Å². The van der Waals surface area contributed by atoms with E-state index >= 15 is 0 Å². The summed E-state index contributed by atoms with van der Waals surface area (Å²) < 4.78 is 31.2. The molecular formula is C11H19NO3S. The molecule has 0 saturated carbocycles. The molecule has 1 N–H and O–H groups in total. The van der Waals surface area contributed by atoms with Gasteiger partial charge in [0.05, 0.1) is 11.9 Å². The third-order valence-corrected chi connectivity index (χ3v) is 4.12. The van der Waals surface area contributed by atoms with E-state index in [2.05, 4.69) is 17.0 Å². The molecule has 0 aromatic rings. The third kappa shape index (κ3) is 4.94. The lowest BCUT2D eigenvalue weighted by molar-refractivity contribution is 0.00748. The molecule has 0 spiro atoms. The van der Waals surface area contributed by atoms with Gasteiger partial charge in [-0.05, 0) is 31.8 Å². The van der Waals surface area contributed by atoms with E-state index in [1.807, 2.05) is 6.92 Å². The van der Waals surface area contributed by atoms with E-state index < -0.39 is 10.0 Å². The number of hydrogen-bond donors (Lipinski definition) is 1. The first-order valence-electron chi connectivity index (χ1n) is 5.46. The maximum atomic E-state index is 11.7. The van der Waals surface area contributed by atoms with Crippen LogP contribution < -0.4 is 4.72 Å². The van der Waals surface area contributed by atoms with Crippen LogP contribution in [0.15, 0.2) is 18.4 Å². The maximum Gasteiger partial charge on any atom is 0.212 e. The molecule has 1 saturated heterocycles. The zero-order valence-corrected chi connectivity index (χ0v) is 10.4. The van der Waals surface area contributed by atoms with Gasteiger partial charge in [-0.3, -0.25) is 0 Å². The highest BCUT2D eigenvalue weighted by atomic mass is 32.2. The standard InChI is InChI=1S/C11H19NO3S/c1-3-4-6-12-16(13,14)9-11-5-7-15-10(2)8-11/h4,10-12H,1,5-9H2,2H3. The van der Waals surface area contributed by atoms with Crippen molar-refractivity contribution in [3.05, 3.63) is 18.4 Å². The fourth-order valence-corrected chi connectivity index (χ4v) is 3.23. The number of hydrogen-bond acceptors (Lipinski definition) is 3. The molecule has 4 nitrogen and oxygen atoms in total. The Morgan fingerprint density at radius 2 is 2.38 bits per heavy atom. The summed E-state index contributed by atoms with van der Waals surface area (Å²) in [5.41, 5.74) is 2.53. The van der Waals surface area contributed by atoms with Gasteiger partial charge in [0.15, 0.2) is 0 Å². The maximum absolute atomic E-state index is 11.7. The fourth-order valence-electron chi connectivity index (χ4n) is 1.85. The van der Waals surface area contributed by atoms with Crippen molar-refractivity contribution in [2.45, 2.75) is 25.9 Å². The summed E-state index contributed by atoms with van der Waals surface area (Å²) >= 11 is 0. The number of ether oxygens (including phenoxy) is 1. The smallest absolute Gasteiger partial charge is 0.212 e. The molecule has 1 fully saturated rings. The van der Waals surface area contributed by atoms with E-state index in [1.165, 1.54) is 0 Å². The lowest BCUT2D eigenvalue weighted by atomic mass is 9.98. The summed E-state index contributed by atoms with van der Waals surface area (Å²) in [4.78, 5) is 0. The minimum Gasteiger partial charge on any atom is -0.378 e. The van der Waals surface area contributed by atoms with Crippen LogP contribution in [0.5, 0.6) is 0 Å². The summed E-state index contributed by atoms with van der Waals surface area (Å²) in [5.74, 6) is 0.389. The summed E-state index contributed by atoms with van der Waals surface area (Å²) in [5, 5.41) is 0. The molecule has 5 heteroatoms. The Hall–Kier alpha value is -0.610. The van der Waals surface area contributed by atoms with E-state index in [0.29, 0.717) is 6.61 Å². The Balaban J connectivity index is 2.42. The van der Waals surface area contributed by atoms with Crippen LogP contribution in [0.4, 0.5) is 0 Å². The van der Waals surface area contributed by atoms with Crippen LogP contribution in [-0.4, -0.2) is 33.4 Å². The van der Waals surface area contributed by atoms with Crippen molar-refractivity contribution in [3.8, 4) is 0 Å². The lowest BCUT2D eigenvalue weighted by Gasteiger charge is -2.26. The van der Waals surface area contributed by atoms with Crippen LogP contribution in [0, 0.1) is 5.92 Å². The second kappa shape index (κ2) is 6.21. The van der Waals surface area contributed by atoms with Crippen molar-refractivity contribution in [1.82, 2.24) is 4.72 Å². The summed E-state index contributed by atoms with van der Waals surface area (Å²) in [6.07, 6.45) is 3.37. The van der Waals surface area contributed by atoms with Gasteiger partial charge in [0.25, 0.3) is 0 Å². The van der Waals surface area contributed by atoms with Crippen molar-refractivity contribution in [3.63, 3.8) is 0 Å². The summed E-state index contributed by atoms with van der Waals surface area (Å²) in [6, 6.07) is 0. The molecule has 1 heterocycles. The minimum atomic E-state index is -3.18. The largest absolute Gasteiger partial charge is 0.378 e. The Morgan fingerprint density at radius 1 is 1.62 bits per heavy atom. The Labute approximate surface area is 97.4 Å². The summed E-state index contributed by atoms with van der Waals surface area (Å²) in [6.45, 7) is 6.28. The van der Waals surface area contributed by atoms with Crippen LogP contribution in [0.25, 0.3) is 0 Å². The van der Waals surface area contributed by atoms with Crippen molar-refractivity contribution in [2.75, 3.05) is 18.9 Å².